The summed E-state index contributed by atoms with van der Waals surface area (Å²) in [4.78, 5) is 31.2. The van der Waals surface area contributed by atoms with Crippen LogP contribution in [0.25, 0.3) is 0 Å². The summed E-state index contributed by atoms with van der Waals surface area (Å²) < 4.78 is 0. The number of carboxylic acids is 3. The molecule has 0 aliphatic carbocycles. The van der Waals surface area contributed by atoms with Crippen molar-refractivity contribution >= 4 is 122 Å². The van der Waals surface area contributed by atoms with Crippen molar-refractivity contribution in [3.05, 3.63) is 83.2 Å². The van der Waals surface area contributed by atoms with Crippen molar-refractivity contribution in [2.24, 2.45) is 0 Å². The Balaban J connectivity index is 0.000000518. The molecule has 0 aliphatic rings. The van der Waals surface area contributed by atoms with Crippen molar-refractivity contribution in [3.8, 4) is 0 Å². The molecular formula is C21H12AlCl6N3O6-3. The molecule has 195 valence electrons. The standard InChI is InChI=1S/3C7H5Cl2NO2.Al/c3*8-3-1-4(7(11)12)6(9)5(10)2-3;/h3*1-2H,10H2,(H,11,12);/p-3. The maximum Gasteiger partial charge on any atom is 0.0731 e. The average Bonchev–Trinajstić information content (AvgIpc) is 2.76. The van der Waals surface area contributed by atoms with Gasteiger partial charge in [0.15, 0.2) is 0 Å². The molecule has 3 aromatic carbocycles. The highest BCUT2D eigenvalue weighted by molar-refractivity contribution is 6.39. The third kappa shape index (κ3) is 10.2. The van der Waals surface area contributed by atoms with Crippen LogP contribution in [0, 0.1) is 0 Å². The molecule has 0 saturated carbocycles. The third-order valence-corrected chi connectivity index (χ3v) is 5.78. The first kappa shape index (κ1) is 34.7. The number of rotatable bonds is 3. The van der Waals surface area contributed by atoms with Crippen molar-refractivity contribution in [2.45, 2.75) is 0 Å². The molecule has 37 heavy (non-hydrogen) atoms. The molecule has 0 saturated heterocycles. The van der Waals surface area contributed by atoms with Gasteiger partial charge in [0.05, 0.1) is 50.0 Å². The van der Waals surface area contributed by atoms with Crippen LogP contribution < -0.4 is 32.5 Å². The van der Waals surface area contributed by atoms with Gasteiger partial charge in [-0.1, -0.05) is 69.6 Å². The van der Waals surface area contributed by atoms with E-state index >= 15 is 0 Å². The molecule has 3 radical (unpaired) electrons. The van der Waals surface area contributed by atoms with Gasteiger partial charge in [-0.3, -0.25) is 0 Å². The van der Waals surface area contributed by atoms with E-state index in [1.807, 2.05) is 0 Å². The van der Waals surface area contributed by atoms with Crippen LogP contribution in [-0.2, 0) is 0 Å². The van der Waals surface area contributed by atoms with E-state index < -0.39 is 17.9 Å². The maximum absolute atomic E-state index is 10.4. The lowest BCUT2D eigenvalue weighted by Gasteiger charge is -2.07. The summed E-state index contributed by atoms with van der Waals surface area (Å²) in [6.45, 7) is 0. The minimum atomic E-state index is -1.39. The van der Waals surface area contributed by atoms with Crippen molar-refractivity contribution in [2.75, 3.05) is 17.2 Å². The van der Waals surface area contributed by atoms with E-state index in [9.17, 15) is 29.7 Å². The zero-order chi connectivity index (χ0) is 27.9. The van der Waals surface area contributed by atoms with Crippen LogP contribution in [-0.4, -0.2) is 35.3 Å². The Bertz CT molecular complexity index is 1180. The van der Waals surface area contributed by atoms with Crippen molar-refractivity contribution in [1.82, 2.24) is 0 Å². The molecule has 6 N–H and O–H groups in total. The van der Waals surface area contributed by atoms with Gasteiger partial charge in [-0.15, -0.1) is 0 Å². The van der Waals surface area contributed by atoms with Crippen LogP contribution in [0.5, 0.6) is 0 Å². The quantitative estimate of drug-likeness (QED) is 0.284. The van der Waals surface area contributed by atoms with E-state index in [4.69, 9.17) is 86.8 Å². The Morgan fingerprint density at radius 1 is 0.486 bits per heavy atom. The fraction of sp³-hybridized carbons (Fsp3) is 0. The molecule has 3 aromatic rings. The summed E-state index contributed by atoms with van der Waals surface area (Å²) in [6, 6.07) is 7.68. The summed E-state index contributed by atoms with van der Waals surface area (Å²) >= 11 is 33.3. The van der Waals surface area contributed by atoms with Crippen molar-refractivity contribution in [3.63, 3.8) is 0 Å². The fourth-order valence-electron chi connectivity index (χ4n) is 2.28. The van der Waals surface area contributed by atoms with Gasteiger partial charge in [-0.25, -0.2) is 0 Å². The number of benzene rings is 3. The molecule has 0 aliphatic heterocycles. The Labute approximate surface area is 250 Å². The van der Waals surface area contributed by atoms with E-state index in [-0.39, 0.29) is 81.2 Å². The molecule has 0 bridgehead atoms. The largest absolute Gasteiger partial charge is 0.545 e. The fourth-order valence-corrected chi connectivity index (χ4v) is 3.52. The number of carboxylic acid groups (broad SMARTS) is 3. The zero-order valence-corrected chi connectivity index (χ0v) is 23.7. The number of carbonyl (C=O) groups is 3. The van der Waals surface area contributed by atoms with Gasteiger partial charge in [0.1, 0.15) is 0 Å². The minimum absolute atomic E-state index is 0. The first-order valence-electron chi connectivity index (χ1n) is 8.94. The predicted molar refractivity (Wildman–Crippen MR) is 141 cm³/mol. The van der Waals surface area contributed by atoms with Gasteiger partial charge in [0.25, 0.3) is 0 Å². The van der Waals surface area contributed by atoms with E-state index in [0.29, 0.717) is 0 Å². The van der Waals surface area contributed by atoms with Crippen LogP contribution in [0.15, 0.2) is 36.4 Å². The van der Waals surface area contributed by atoms with Crippen molar-refractivity contribution < 1.29 is 29.7 Å². The Morgan fingerprint density at radius 2 is 0.676 bits per heavy atom. The molecule has 0 atom stereocenters. The van der Waals surface area contributed by atoms with Gasteiger partial charge in [0, 0.05) is 49.1 Å². The predicted octanol–water partition coefficient (Wildman–Crippen LogP) is 2.44. The summed E-state index contributed by atoms with van der Waals surface area (Å²) in [5.74, 6) is -4.18. The summed E-state index contributed by atoms with van der Waals surface area (Å²) in [5, 5.41) is 31.8. The number of nitrogen functional groups attached to an aromatic ring is 3. The average molecular weight is 642 g/mol. The number of anilines is 3. The number of nitrogens with two attached hydrogens (primary N) is 3. The Morgan fingerprint density at radius 3 is 0.838 bits per heavy atom. The summed E-state index contributed by atoms with van der Waals surface area (Å²) in [6.07, 6.45) is 0. The molecule has 0 unspecified atom stereocenters. The molecular weight excluding hydrogens is 630 g/mol. The molecule has 0 spiro atoms. The van der Waals surface area contributed by atoms with E-state index in [1.165, 1.54) is 36.4 Å². The second-order valence-electron chi connectivity index (χ2n) is 6.43. The van der Waals surface area contributed by atoms with Gasteiger partial charge >= 0.3 is 0 Å². The monoisotopic (exact) mass is 639 g/mol. The van der Waals surface area contributed by atoms with Gasteiger partial charge < -0.3 is 46.9 Å². The van der Waals surface area contributed by atoms with Crippen LogP contribution in [0.1, 0.15) is 31.1 Å². The normalized spacial score (nSPS) is 9.57. The molecule has 0 aromatic heterocycles. The number of hydrogen-bond acceptors (Lipinski definition) is 9. The number of aromatic carboxylic acids is 3. The van der Waals surface area contributed by atoms with Crippen molar-refractivity contribution in [1.29, 1.82) is 0 Å². The number of hydrogen-bond donors (Lipinski definition) is 3. The lowest BCUT2D eigenvalue weighted by molar-refractivity contribution is -0.256. The number of halogens is 6. The van der Waals surface area contributed by atoms with Crippen LogP contribution in [0.4, 0.5) is 17.1 Å². The SMILES string of the molecule is Nc1cc(Cl)cc(C(=O)[O-])c1Cl.Nc1cc(Cl)cc(C(=O)[O-])c1Cl.Nc1cc(Cl)cc(C(=O)[O-])c1Cl.[Al]. The van der Waals surface area contributed by atoms with Gasteiger partial charge in [-0.05, 0) is 36.4 Å². The topological polar surface area (TPSA) is 198 Å². The van der Waals surface area contributed by atoms with Gasteiger partial charge in [-0.2, -0.15) is 0 Å². The van der Waals surface area contributed by atoms with Crippen LogP contribution in [0.3, 0.4) is 0 Å². The summed E-state index contributed by atoms with van der Waals surface area (Å²) in [7, 11) is 0. The molecule has 16 heteroatoms. The second-order valence-corrected chi connectivity index (χ2v) is 8.88. The minimum Gasteiger partial charge on any atom is -0.545 e. The lowest BCUT2D eigenvalue weighted by Crippen LogP contribution is -2.22. The molecule has 0 fully saturated rings. The van der Waals surface area contributed by atoms with Crippen LogP contribution in [0.2, 0.25) is 30.1 Å². The Kier molecular flexibility index (Phi) is 14.3. The first-order chi connectivity index (χ1) is 16.6. The highest BCUT2D eigenvalue weighted by Gasteiger charge is 2.08. The lowest BCUT2D eigenvalue weighted by atomic mass is 10.2. The number of carbonyl (C=O) groups excluding carboxylic acids is 3. The highest BCUT2D eigenvalue weighted by Crippen LogP contribution is 2.28. The second kappa shape index (κ2) is 15.2. The zero-order valence-electron chi connectivity index (χ0n) is 18.0. The van der Waals surface area contributed by atoms with E-state index in [2.05, 4.69) is 0 Å². The van der Waals surface area contributed by atoms with Gasteiger partial charge in [0.2, 0.25) is 0 Å². The van der Waals surface area contributed by atoms with E-state index in [1.54, 1.807) is 0 Å². The smallest absolute Gasteiger partial charge is 0.0731 e. The highest BCUT2D eigenvalue weighted by atomic mass is 35.5. The molecule has 3 rings (SSSR count). The van der Waals surface area contributed by atoms with E-state index in [0.717, 1.165) is 0 Å². The van der Waals surface area contributed by atoms with Crippen LogP contribution >= 0.6 is 69.6 Å². The molecule has 9 nitrogen and oxygen atoms in total. The Hall–Kier alpha value is -2.26. The maximum atomic E-state index is 10.4. The molecule has 0 amide bonds. The molecule has 0 heterocycles. The summed E-state index contributed by atoms with van der Waals surface area (Å²) in [5.41, 5.74) is 15.9. The first-order valence-corrected chi connectivity index (χ1v) is 11.2. The third-order valence-electron chi connectivity index (χ3n) is 3.86.